The van der Waals surface area contributed by atoms with E-state index < -0.39 is 0 Å². The third-order valence-corrected chi connectivity index (χ3v) is 3.30. The first-order chi connectivity index (χ1) is 7.78. The summed E-state index contributed by atoms with van der Waals surface area (Å²) in [7, 11) is 0. The minimum Gasteiger partial charge on any atom is -0.331 e. The van der Waals surface area contributed by atoms with Gasteiger partial charge in [-0.1, -0.05) is 21.1 Å². The van der Waals surface area contributed by atoms with Gasteiger partial charge in [-0.3, -0.25) is 4.79 Å². The lowest BCUT2D eigenvalue weighted by molar-refractivity contribution is 0.108. The highest BCUT2D eigenvalue weighted by atomic mass is 79.9. The molecule has 6 heteroatoms. The van der Waals surface area contributed by atoms with Crippen LogP contribution in [0.5, 0.6) is 0 Å². The second kappa shape index (κ2) is 5.27. The van der Waals surface area contributed by atoms with Gasteiger partial charge in [-0.25, -0.2) is 0 Å². The van der Waals surface area contributed by atoms with E-state index in [1.165, 1.54) is 0 Å². The Morgan fingerprint density at radius 1 is 1.38 bits per heavy atom. The van der Waals surface area contributed by atoms with Gasteiger partial charge in [0.2, 0.25) is 6.29 Å². The number of hydrogen-bond donors (Lipinski definition) is 0. The zero-order chi connectivity index (χ0) is 11.4. The SMILES string of the molecule is O=Cc1nc(CSc2ccc(Br)cc2)no1. The minimum absolute atomic E-state index is 0.0198. The molecule has 0 radical (unpaired) electrons. The summed E-state index contributed by atoms with van der Waals surface area (Å²) >= 11 is 4.95. The average molecular weight is 299 g/mol. The number of halogens is 1. The normalized spacial score (nSPS) is 10.3. The number of carbonyl (C=O) groups is 1. The largest absolute Gasteiger partial charge is 0.331 e. The molecule has 1 heterocycles. The van der Waals surface area contributed by atoms with E-state index in [1.54, 1.807) is 11.8 Å². The van der Waals surface area contributed by atoms with E-state index in [9.17, 15) is 4.79 Å². The lowest BCUT2D eigenvalue weighted by Gasteiger charge is -1.97. The van der Waals surface area contributed by atoms with Gasteiger partial charge in [-0.15, -0.1) is 11.8 Å². The summed E-state index contributed by atoms with van der Waals surface area (Å²) in [4.78, 5) is 15.3. The molecule has 0 spiro atoms. The molecule has 0 atom stereocenters. The molecule has 0 aliphatic heterocycles. The van der Waals surface area contributed by atoms with Crippen molar-refractivity contribution < 1.29 is 9.32 Å². The van der Waals surface area contributed by atoms with Crippen LogP contribution in [0.3, 0.4) is 0 Å². The molecule has 0 N–H and O–H groups in total. The molecule has 16 heavy (non-hydrogen) atoms. The third kappa shape index (κ3) is 2.93. The van der Waals surface area contributed by atoms with Crippen LogP contribution in [0.4, 0.5) is 0 Å². The van der Waals surface area contributed by atoms with Crippen LogP contribution in [-0.4, -0.2) is 16.4 Å². The summed E-state index contributed by atoms with van der Waals surface area (Å²) in [6, 6.07) is 7.93. The highest BCUT2D eigenvalue weighted by Gasteiger charge is 2.05. The minimum atomic E-state index is 0.0198. The van der Waals surface area contributed by atoms with E-state index in [-0.39, 0.29) is 5.89 Å². The molecule has 0 amide bonds. The van der Waals surface area contributed by atoms with Crippen LogP contribution >= 0.6 is 27.7 Å². The lowest BCUT2D eigenvalue weighted by Crippen LogP contribution is -1.84. The van der Waals surface area contributed by atoms with Gasteiger partial charge in [0.1, 0.15) is 0 Å². The van der Waals surface area contributed by atoms with E-state index in [1.807, 2.05) is 24.3 Å². The van der Waals surface area contributed by atoms with Crippen molar-refractivity contribution in [2.24, 2.45) is 0 Å². The molecular weight excluding hydrogens is 292 g/mol. The fourth-order valence-corrected chi connectivity index (χ4v) is 2.06. The molecule has 0 aliphatic rings. The average Bonchev–Trinajstić information content (AvgIpc) is 2.76. The highest BCUT2D eigenvalue weighted by Crippen LogP contribution is 2.23. The van der Waals surface area contributed by atoms with Crippen molar-refractivity contribution in [3.63, 3.8) is 0 Å². The number of benzene rings is 1. The Hall–Kier alpha value is -1.14. The number of thioether (sulfide) groups is 1. The van der Waals surface area contributed by atoms with Crippen molar-refractivity contribution in [1.82, 2.24) is 10.1 Å². The summed E-state index contributed by atoms with van der Waals surface area (Å²) in [5, 5.41) is 3.67. The molecule has 0 fully saturated rings. The van der Waals surface area contributed by atoms with Crippen LogP contribution in [0.15, 0.2) is 38.2 Å². The smallest absolute Gasteiger partial charge is 0.290 e. The Labute approximate surface area is 105 Å². The molecule has 0 saturated heterocycles. The van der Waals surface area contributed by atoms with E-state index >= 15 is 0 Å². The second-order valence-electron chi connectivity index (χ2n) is 2.91. The van der Waals surface area contributed by atoms with Crippen molar-refractivity contribution >= 4 is 34.0 Å². The zero-order valence-corrected chi connectivity index (χ0v) is 10.5. The molecule has 0 saturated carbocycles. The van der Waals surface area contributed by atoms with E-state index in [4.69, 9.17) is 0 Å². The van der Waals surface area contributed by atoms with Gasteiger partial charge in [-0.2, -0.15) is 4.98 Å². The number of aromatic nitrogens is 2. The molecule has 2 rings (SSSR count). The van der Waals surface area contributed by atoms with Gasteiger partial charge in [0.15, 0.2) is 5.82 Å². The Kier molecular flexibility index (Phi) is 3.74. The number of aldehydes is 1. The topological polar surface area (TPSA) is 56.0 Å². The van der Waals surface area contributed by atoms with Crippen molar-refractivity contribution in [3.8, 4) is 0 Å². The first-order valence-corrected chi connectivity index (χ1v) is 6.22. The molecule has 0 bridgehead atoms. The monoisotopic (exact) mass is 298 g/mol. The Morgan fingerprint density at radius 3 is 2.75 bits per heavy atom. The number of carbonyl (C=O) groups excluding carboxylic acids is 1. The summed E-state index contributed by atoms with van der Waals surface area (Å²) in [5.74, 6) is 1.13. The van der Waals surface area contributed by atoms with E-state index in [0.717, 1.165) is 9.37 Å². The molecule has 4 nitrogen and oxygen atoms in total. The number of rotatable bonds is 4. The summed E-state index contributed by atoms with van der Waals surface area (Å²) in [5.41, 5.74) is 0. The second-order valence-corrected chi connectivity index (χ2v) is 4.87. The summed E-state index contributed by atoms with van der Waals surface area (Å²) < 4.78 is 5.71. The van der Waals surface area contributed by atoms with Crippen molar-refractivity contribution in [2.45, 2.75) is 10.6 Å². The number of hydrogen-bond acceptors (Lipinski definition) is 5. The quantitative estimate of drug-likeness (QED) is 0.642. The fourth-order valence-electron chi connectivity index (χ4n) is 1.05. The van der Waals surface area contributed by atoms with Crippen LogP contribution in [0, 0.1) is 0 Å². The van der Waals surface area contributed by atoms with Gasteiger partial charge in [-0.05, 0) is 24.3 Å². The van der Waals surface area contributed by atoms with Crippen LogP contribution in [0.25, 0.3) is 0 Å². The van der Waals surface area contributed by atoms with Crippen molar-refractivity contribution in [2.75, 3.05) is 0 Å². The van der Waals surface area contributed by atoms with Gasteiger partial charge in [0, 0.05) is 9.37 Å². The van der Waals surface area contributed by atoms with Crippen LogP contribution in [-0.2, 0) is 5.75 Å². The maximum absolute atomic E-state index is 10.3. The Morgan fingerprint density at radius 2 is 2.12 bits per heavy atom. The molecule has 1 aromatic heterocycles. The van der Waals surface area contributed by atoms with Gasteiger partial charge in [0.05, 0.1) is 5.75 Å². The van der Waals surface area contributed by atoms with E-state index in [2.05, 4.69) is 30.6 Å². The molecule has 2 aromatic rings. The standard InChI is InChI=1S/C10H7BrN2O2S/c11-7-1-3-8(4-2-7)16-6-9-12-10(5-14)15-13-9/h1-5H,6H2. The maximum atomic E-state index is 10.3. The maximum Gasteiger partial charge on any atom is 0.290 e. The Bertz CT molecular complexity index is 484. The molecule has 0 aliphatic carbocycles. The fraction of sp³-hybridized carbons (Fsp3) is 0.100. The first-order valence-electron chi connectivity index (χ1n) is 4.44. The number of nitrogens with zero attached hydrogens (tertiary/aromatic N) is 2. The highest BCUT2D eigenvalue weighted by molar-refractivity contribution is 9.10. The first kappa shape index (κ1) is 11.3. The van der Waals surface area contributed by atoms with Crippen LogP contribution < -0.4 is 0 Å². The van der Waals surface area contributed by atoms with Crippen LogP contribution in [0.1, 0.15) is 16.5 Å². The summed E-state index contributed by atoms with van der Waals surface area (Å²) in [6.45, 7) is 0. The van der Waals surface area contributed by atoms with Gasteiger partial charge >= 0.3 is 0 Å². The van der Waals surface area contributed by atoms with Crippen molar-refractivity contribution in [3.05, 3.63) is 40.5 Å². The van der Waals surface area contributed by atoms with E-state index in [0.29, 0.717) is 17.9 Å². The van der Waals surface area contributed by atoms with Crippen LogP contribution in [0.2, 0.25) is 0 Å². The summed E-state index contributed by atoms with van der Waals surface area (Å²) in [6.07, 6.45) is 0.542. The predicted molar refractivity (Wildman–Crippen MR) is 63.4 cm³/mol. The molecule has 0 unspecified atom stereocenters. The van der Waals surface area contributed by atoms with Gasteiger partial charge < -0.3 is 4.52 Å². The molecule has 82 valence electrons. The molecular formula is C10H7BrN2O2S. The predicted octanol–water partition coefficient (Wildman–Crippen LogP) is 2.94. The Balaban J connectivity index is 1.96. The zero-order valence-electron chi connectivity index (χ0n) is 8.09. The van der Waals surface area contributed by atoms with Gasteiger partial charge in [0.25, 0.3) is 5.89 Å². The third-order valence-electron chi connectivity index (χ3n) is 1.77. The molecule has 1 aromatic carbocycles. The van der Waals surface area contributed by atoms with Crippen molar-refractivity contribution in [1.29, 1.82) is 0 Å². The lowest BCUT2D eigenvalue weighted by atomic mass is 10.4.